The summed E-state index contributed by atoms with van der Waals surface area (Å²) < 4.78 is 1.50. The van der Waals surface area contributed by atoms with Crippen LogP contribution in [0.1, 0.15) is 28.6 Å². The minimum Gasteiger partial charge on any atom is -0.380 e. The summed E-state index contributed by atoms with van der Waals surface area (Å²) in [5.74, 6) is 0.358. The van der Waals surface area contributed by atoms with E-state index in [1.165, 1.54) is 4.52 Å². The van der Waals surface area contributed by atoms with Gasteiger partial charge < -0.3 is 5.11 Å². The zero-order chi connectivity index (χ0) is 14.3. The first-order chi connectivity index (χ1) is 9.59. The summed E-state index contributed by atoms with van der Waals surface area (Å²) in [6.07, 6.45) is -0.892. The SMILES string of the molecule is Cc1c(Cl)nn2c(C(O)c3ccccc3)nnc2c1C. The van der Waals surface area contributed by atoms with Crippen LogP contribution in [0, 0.1) is 13.8 Å². The van der Waals surface area contributed by atoms with Gasteiger partial charge in [-0.15, -0.1) is 10.2 Å². The maximum atomic E-state index is 10.4. The molecular weight excluding hydrogens is 276 g/mol. The van der Waals surface area contributed by atoms with Crippen LogP contribution >= 0.6 is 11.6 Å². The third-order valence-corrected chi connectivity index (χ3v) is 3.78. The van der Waals surface area contributed by atoms with Crippen LogP contribution in [0.15, 0.2) is 30.3 Å². The fourth-order valence-electron chi connectivity index (χ4n) is 2.06. The highest BCUT2D eigenvalue weighted by Crippen LogP contribution is 2.24. The Morgan fingerprint density at radius 1 is 1.10 bits per heavy atom. The van der Waals surface area contributed by atoms with Crippen molar-refractivity contribution in [2.45, 2.75) is 20.0 Å². The lowest BCUT2D eigenvalue weighted by Gasteiger charge is -2.10. The zero-order valence-corrected chi connectivity index (χ0v) is 11.8. The molecule has 6 heteroatoms. The van der Waals surface area contributed by atoms with Gasteiger partial charge in [0.2, 0.25) is 0 Å². The average Bonchev–Trinajstić information content (AvgIpc) is 2.89. The van der Waals surface area contributed by atoms with Crippen LogP contribution in [0.4, 0.5) is 0 Å². The number of fused-ring (bicyclic) bond motifs is 1. The number of nitrogens with zero attached hydrogens (tertiary/aromatic N) is 4. The summed E-state index contributed by atoms with van der Waals surface area (Å²) in [5, 5.41) is 23.2. The van der Waals surface area contributed by atoms with Gasteiger partial charge in [0.1, 0.15) is 6.10 Å². The molecule has 2 heterocycles. The summed E-state index contributed by atoms with van der Waals surface area (Å²) in [6.45, 7) is 3.79. The number of halogens is 1. The fraction of sp³-hybridized carbons (Fsp3) is 0.214. The molecule has 1 atom stereocenters. The van der Waals surface area contributed by atoms with Crippen LogP contribution in [0.25, 0.3) is 5.65 Å². The Morgan fingerprint density at radius 2 is 1.80 bits per heavy atom. The third-order valence-electron chi connectivity index (χ3n) is 3.42. The van der Waals surface area contributed by atoms with Gasteiger partial charge in [-0.25, -0.2) is 0 Å². The Bertz CT molecular complexity index is 770. The number of rotatable bonds is 2. The van der Waals surface area contributed by atoms with Gasteiger partial charge in [-0.05, 0) is 25.0 Å². The molecule has 0 spiro atoms. The predicted molar refractivity (Wildman–Crippen MR) is 75.8 cm³/mol. The number of aliphatic hydroxyl groups excluding tert-OH is 1. The van der Waals surface area contributed by atoms with Gasteiger partial charge in [-0.2, -0.15) is 9.61 Å². The molecule has 1 aromatic carbocycles. The van der Waals surface area contributed by atoms with Crippen LogP contribution < -0.4 is 0 Å². The number of benzene rings is 1. The summed E-state index contributed by atoms with van der Waals surface area (Å²) in [7, 11) is 0. The lowest BCUT2D eigenvalue weighted by Crippen LogP contribution is -2.08. The van der Waals surface area contributed by atoms with E-state index in [0.717, 1.165) is 16.7 Å². The molecule has 102 valence electrons. The highest BCUT2D eigenvalue weighted by atomic mass is 35.5. The van der Waals surface area contributed by atoms with Crippen LogP contribution in [0.2, 0.25) is 5.15 Å². The lowest BCUT2D eigenvalue weighted by molar-refractivity contribution is 0.207. The first-order valence-electron chi connectivity index (χ1n) is 6.20. The topological polar surface area (TPSA) is 63.3 Å². The highest BCUT2D eigenvalue weighted by Gasteiger charge is 2.20. The van der Waals surface area contributed by atoms with Crippen molar-refractivity contribution in [3.8, 4) is 0 Å². The van der Waals surface area contributed by atoms with E-state index in [4.69, 9.17) is 11.6 Å². The quantitative estimate of drug-likeness (QED) is 0.787. The minimum absolute atomic E-state index is 0.358. The molecular formula is C14H13ClN4O. The van der Waals surface area contributed by atoms with E-state index < -0.39 is 6.10 Å². The molecule has 3 rings (SSSR count). The van der Waals surface area contributed by atoms with Gasteiger partial charge in [0.25, 0.3) is 0 Å². The number of aliphatic hydroxyl groups is 1. The van der Waals surface area contributed by atoms with Gasteiger partial charge >= 0.3 is 0 Å². The van der Waals surface area contributed by atoms with E-state index in [0.29, 0.717) is 16.6 Å². The molecule has 0 saturated heterocycles. The molecule has 2 aromatic heterocycles. The Morgan fingerprint density at radius 3 is 2.50 bits per heavy atom. The summed E-state index contributed by atoms with van der Waals surface area (Å²) in [6, 6.07) is 9.26. The van der Waals surface area contributed by atoms with Crippen LogP contribution in [0.3, 0.4) is 0 Å². The molecule has 0 aliphatic rings. The second-order valence-electron chi connectivity index (χ2n) is 4.65. The standard InChI is InChI=1S/C14H13ClN4O/c1-8-9(2)13-16-17-14(19(13)18-12(8)15)11(20)10-6-4-3-5-7-10/h3-7,11,20H,1-2H3. The maximum Gasteiger partial charge on any atom is 0.188 e. The Hall–Kier alpha value is -1.98. The van der Waals surface area contributed by atoms with Gasteiger partial charge in [0, 0.05) is 5.56 Å². The fourth-order valence-corrected chi connectivity index (χ4v) is 2.28. The molecule has 1 N–H and O–H groups in total. The first-order valence-corrected chi connectivity index (χ1v) is 6.58. The van der Waals surface area contributed by atoms with E-state index in [9.17, 15) is 5.11 Å². The normalized spacial score (nSPS) is 12.8. The van der Waals surface area contributed by atoms with Gasteiger partial charge in [-0.3, -0.25) is 0 Å². The van der Waals surface area contributed by atoms with E-state index in [-0.39, 0.29) is 0 Å². The summed E-state index contributed by atoms with van der Waals surface area (Å²) >= 11 is 6.10. The molecule has 3 aromatic rings. The number of hydrogen-bond acceptors (Lipinski definition) is 4. The van der Waals surface area contributed by atoms with Crippen molar-refractivity contribution in [3.63, 3.8) is 0 Å². The number of aromatic nitrogens is 4. The monoisotopic (exact) mass is 288 g/mol. The minimum atomic E-state index is -0.892. The van der Waals surface area contributed by atoms with Crippen LogP contribution in [-0.4, -0.2) is 24.9 Å². The molecule has 0 saturated carbocycles. The predicted octanol–water partition coefficient (Wildman–Crippen LogP) is 2.48. The molecule has 5 nitrogen and oxygen atoms in total. The van der Waals surface area contributed by atoms with Gasteiger partial charge in [0.15, 0.2) is 16.6 Å². The Kier molecular flexibility index (Phi) is 3.16. The van der Waals surface area contributed by atoms with Crippen molar-refractivity contribution < 1.29 is 5.11 Å². The highest BCUT2D eigenvalue weighted by molar-refractivity contribution is 6.30. The summed E-state index contributed by atoms with van der Waals surface area (Å²) in [5.41, 5.74) is 3.12. The number of aryl methyl sites for hydroxylation is 1. The van der Waals surface area contributed by atoms with E-state index in [2.05, 4.69) is 15.3 Å². The first kappa shape index (κ1) is 13.0. The maximum absolute atomic E-state index is 10.4. The van der Waals surface area contributed by atoms with Crippen molar-refractivity contribution in [1.82, 2.24) is 19.8 Å². The third kappa shape index (κ3) is 1.95. The Labute approximate surface area is 120 Å². The van der Waals surface area contributed by atoms with Crippen LogP contribution in [-0.2, 0) is 0 Å². The second kappa shape index (κ2) is 4.85. The summed E-state index contributed by atoms with van der Waals surface area (Å²) in [4.78, 5) is 0. The average molecular weight is 289 g/mol. The largest absolute Gasteiger partial charge is 0.380 e. The van der Waals surface area contributed by atoms with Crippen molar-refractivity contribution in [2.75, 3.05) is 0 Å². The van der Waals surface area contributed by atoms with Crippen LogP contribution in [0.5, 0.6) is 0 Å². The molecule has 0 aliphatic heterocycles. The molecule has 0 aliphatic carbocycles. The zero-order valence-electron chi connectivity index (χ0n) is 11.1. The molecule has 0 fully saturated rings. The lowest BCUT2D eigenvalue weighted by atomic mass is 10.1. The molecule has 1 unspecified atom stereocenters. The van der Waals surface area contributed by atoms with Gasteiger partial charge in [0.05, 0.1) is 0 Å². The van der Waals surface area contributed by atoms with Gasteiger partial charge in [-0.1, -0.05) is 41.9 Å². The van der Waals surface area contributed by atoms with Crippen molar-refractivity contribution in [1.29, 1.82) is 0 Å². The van der Waals surface area contributed by atoms with E-state index in [1.54, 1.807) is 0 Å². The second-order valence-corrected chi connectivity index (χ2v) is 5.01. The Balaban J connectivity index is 2.18. The van der Waals surface area contributed by atoms with Crippen molar-refractivity contribution in [2.24, 2.45) is 0 Å². The van der Waals surface area contributed by atoms with E-state index >= 15 is 0 Å². The number of hydrogen-bond donors (Lipinski definition) is 1. The molecule has 0 radical (unpaired) electrons. The van der Waals surface area contributed by atoms with E-state index in [1.807, 2.05) is 44.2 Å². The van der Waals surface area contributed by atoms with Crippen molar-refractivity contribution in [3.05, 3.63) is 58.0 Å². The smallest absolute Gasteiger partial charge is 0.188 e. The molecule has 0 amide bonds. The molecule has 20 heavy (non-hydrogen) atoms. The van der Waals surface area contributed by atoms with Crippen molar-refractivity contribution >= 4 is 17.2 Å². The molecule has 0 bridgehead atoms.